The van der Waals surface area contributed by atoms with Crippen molar-refractivity contribution in [1.82, 2.24) is 0 Å². The van der Waals surface area contributed by atoms with Gasteiger partial charge in [-0.25, -0.2) is 13.6 Å². The number of benzene rings is 2. The summed E-state index contributed by atoms with van der Waals surface area (Å²) in [7, 11) is 0. The van der Waals surface area contributed by atoms with E-state index in [1.165, 1.54) is 24.1 Å². The Labute approximate surface area is 155 Å². The zero-order chi connectivity index (χ0) is 19.4. The molecule has 0 heterocycles. The van der Waals surface area contributed by atoms with Gasteiger partial charge in [0.05, 0.1) is 0 Å². The summed E-state index contributed by atoms with van der Waals surface area (Å²) in [6, 6.07) is 8.86. The maximum Gasteiger partial charge on any atom is 0.344 e. The maximum absolute atomic E-state index is 13.6. The minimum atomic E-state index is -1.24. The topological polar surface area (TPSA) is 64.6 Å². The molecule has 7 heteroatoms. The van der Waals surface area contributed by atoms with E-state index in [-0.39, 0.29) is 6.61 Å². The number of nitrogens with one attached hydrogen (secondary N) is 1. The number of amides is 1. The van der Waals surface area contributed by atoms with Gasteiger partial charge in [0.1, 0.15) is 23.1 Å². The molecule has 5 nitrogen and oxygen atoms in total. The summed E-state index contributed by atoms with van der Waals surface area (Å²) in [5.41, 5.74) is 1.91. The monoisotopic (exact) mass is 375 g/mol. The molecule has 1 amide bonds. The number of para-hydroxylation sites is 1. The van der Waals surface area contributed by atoms with Gasteiger partial charge in [0, 0.05) is 0 Å². The van der Waals surface area contributed by atoms with E-state index in [0.717, 1.165) is 31.4 Å². The molecule has 2 aromatic rings. The van der Waals surface area contributed by atoms with E-state index < -0.39 is 35.3 Å². The number of ether oxygens (including phenoxy) is 2. The van der Waals surface area contributed by atoms with Crippen molar-refractivity contribution < 1.29 is 27.8 Å². The van der Waals surface area contributed by atoms with E-state index in [1.807, 2.05) is 12.1 Å². The molecular formula is C20H19F2NO4. The Morgan fingerprint density at radius 1 is 1.11 bits per heavy atom. The first-order chi connectivity index (χ1) is 12.9. The van der Waals surface area contributed by atoms with Crippen LogP contribution in [0.3, 0.4) is 0 Å². The lowest BCUT2D eigenvalue weighted by molar-refractivity contribution is -0.155. The summed E-state index contributed by atoms with van der Waals surface area (Å²) in [5, 5.41) is 2.08. The Bertz CT molecular complexity index is 849. The summed E-state index contributed by atoms with van der Waals surface area (Å²) in [5.74, 6) is -2.88. The van der Waals surface area contributed by atoms with Gasteiger partial charge >= 0.3 is 5.97 Å². The molecule has 0 bridgehead atoms. The van der Waals surface area contributed by atoms with Gasteiger partial charge < -0.3 is 14.8 Å². The highest BCUT2D eigenvalue weighted by Gasteiger charge is 2.21. The third-order valence-electron chi connectivity index (χ3n) is 4.32. The summed E-state index contributed by atoms with van der Waals surface area (Å²) in [6.45, 7) is 0.936. The van der Waals surface area contributed by atoms with E-state index in [1.54, 1.807) is 6.07 Å². The lowest BCUT2D eigenvalue weighted by Gasteiger charge is -2.14. The van der Waals surface area contributed by atoms with Crippen molar-refractivity contribution in [2.24, 2.45) is 0 Å². The fraction of sp³-hybridized carbons (Fsp3) is 0.300. The van der Waals surface area contributed by atoms with Crippen molar-refractivity contribution in [2.45, 2.75) is 32.3 Å². The predicted molar refractivity (Wildman–Crippen MR) is 94.5 cm³/mol. The van der Waals surface area contributed by atoms with Crippen molar-refractivity contribution in [3.05, 3.63) is 59.2 Å². The molecule has 0 saturated heterocycles. The molecule has 27 heavy (non-hydrogen) atoms. The van der Waals surface area contributed by atoms with Crippen LogP contribution in [0.25, 0.3) is 0 Å². The summed E-state index contributed by atoms with van der Waals surface area (Å²) in [6.07, 6.45) is 1.91. The van der Waals surface area contributed by atoms with Crippen LogP contribution in [0, 0.1) is 11.6 Å². The van der Waals surface area contributed by atoms with Gasteiger partial charge in [0.25, 0.3) is 5.91 Å². The van der Waals surface area contributed by atoms with Gasteiger partial charge in [-0.2, -0.15) is 0 Å². The number of fused-ring (bicyclic) bond motifs is 1. The first-order valence-corrected chi connectivity index (χ1v) is 8.63. The Kier molecular flexibility index (Phi) is 5.69. The summed E-state index contributed by atoms with van der Waals surface area (Å²) >= 11 is 0. The molecule has 0 saturated carbocycles. The number of hydrogen-bond donors (Lipinski definition) is 1. The lowest BCUT2D eigenvalue weighted by atomic mass is 10.1. The molecule has 2 aromatic carbocycles. The van der Waals surface area contributed by atoms with Gasteiger partial charge in [-0.3, -0.25) is 4.79 Å². The number of carbonyl (C=O) groups is 2. The number of anilines is 1. The Morgan fingerprint density at radius 2 is 1.81 bits per heavy atom. The zero-order valence-electron chi connectivity index (χ0n) is 14.8. The molecule has 1 aliphatic carbocycles. The molecular weight excluding hydrogens is 356 g/mol. The molecule has 142 valence electrons. The number of esters is 1. The quantitative estimate of drug-likeness (QED) is 0.786. The molecule has 0 aromatic heterocycles. The van der Waals surface area contributed by atoms with E-state index in [4.69, 9.17) is 9.47 Å². The van der Waals surface area contributed by atoms with Crippen LogP contribution in [0.15, 0.2) is 36.4 Å². The molecule has 1 N–H and O–H groups in total. The van der Waals surface area contributed by atoms with Crippen LogP contribution in [0.4, 0.5) is 14.5 Å². The molecule has 1 atom stereocenters. The second-order valence-electron chi connectivity index (χ2n) is 6.29. The molecule has 0 spiro atoms. The van der Waals surface area contributed by atoms with Crippen molar-refractivity contribution in [3.63, 3.8) is 0 Å². The van der Waals surface area contributed by atoms with E-state index in [2.05, 4.69) is 5.32 Å². The SMILES string of the molecule is C[C@@H](OC(=O)COc1ccc2c(c1)CCC2)C(=O)Nc1c(F)cccc1F. The van der Waals surface area contributed by atoms with Crippen molar-refractivity contribution in [3.8, 4) is 5.75 Å². The van der Waals surface area contributed by atoms with Gasteiger partial charge in [-0.1, -0.05) is 12.1 Å². The fourth-order valence-corrected chi connectivity index (χ4v) is 2.91. The number of hydrogen-bond acceptors (Lipinski definition) is 4. The molecule has 0 aliphatic heterocycles. The average Bonchev–Trinajstić information content (AvgIpc) is 3.10. The largest absolute Gasteiger partial charge is 0.482 e. The van der Waals surface area contributed by atoms with Gasteiger partial charge in [-0.05, 0) is 61.6 Å². The van der Waals surface area contributed by atoms with Crippen LogP contribution >= 0.6 is 0 Å². The third kappa shape index (κ3) is 4.61. The minimum Gasteiger partial charge on any atom is -0.482 e. The van der Waals surface area contributed by atoms with Gasteiger partial charge in [0.2, 0.25) is 0 Å². The molecule has 0 radical (unpaired) electrons. The van der Waals surface area contributed by atoms with E-state index >= 15 is 0 Å². The van der Waals surface area contributed by atoms with Crippen LogP contribution in [-0.4, -0.2) is 24.6 Å². The standard InChI is InChI=1S/C20H19F2NO4/c1-12(20(25)23-19-16(21)6-3-7-17(19)22)27-18(24)11-26-15-9-8-13-4-2-5-14(13)10-15/h3,6-10,12H,2,4-5,11H2,1H3,(H,23,25)/t12-/m1/s1. The lowest BCUT2D eigenvalue weighted by Crippen LogP contribution is -2.32. The maximum atomic E-state index is 13.6. The second-order valence-corrected chi connectivity index (χ2v) is 6.29. The van der Waals surface area contributed by atoms with Gasteiger partial charge in [0.15, 0.2) is 12.7 Å². The molecule has 1 aliphatic rings. The number of carbonyl (C=O) groups excluding carboxylic acids is 2. The van der Waals surface area contributed by atoms with E-state index in [0.29, 0.717) is 5.75 Å². The van der Waals surface area contributed by atoms with E-state index in [9.17, 15) is 18.4 Å². The normalized spacial score (nSPS) is 13.6. The highest BCUT2D eigenvalue weighted by molar-refractivity contribution is 5.95. The molecule has 3 rings (SSSR count). The average molecular weight is 375 g/mol. The number of halogens is 2. The smallest absolute Gasteiger partial charge is 0.344 e. The van der Waals surface area contributed by atoms with Crippen LogP contribution < -0.4 is 10.1 Å². The second kappa shape index (κ2) is 8.16. The highest BCUT2D eigenvalue weighted by atomic mass is 19.1. The third-order valence-corrected chi connectivity index (χ3v) is 4.32. The fourth-order valence-electron chi connectivity index (χ4n) is 2.91. The number of aryl methyl sites for hydroxylation is 2. The minimum absolute atomic E-state index is 0.371. The number of rotatable bonds is 6. The first kappa shape index (κ1) is 18.8. The first-order valence-electron chi connectivity index (χ1n) is 8.63. The van der Waals surface area contributed by atoms with Crippen LogP contribution in [-0.2, 0) is 27.2 Å². The van der Waals surface area contributed by atoms with Crippen LogP contribution in [0.5, 0.6) is 5.75 Å². The van der Waals surface area contributed by atoms with Crippen LogP contribution in [0.1, 0.15) is 24.5 Å². The van der Waals surface area contributed by atoms with Gasteiger partial charge in [-0.15, -0.1) is 0 Å². The predicted octanol–water partition coefficient (Wildman–Crippen LogP) is 3.40. The summed E-state index contributed by atoms with van der Waals surface area (Å²) < 4.78 is 37.5. The van der Waals surface area contributed by atoms with Crippen LogP contribution in [0.2, 0.25) is 0 Å². The zero-order valence-corrected chi connectivity index (χ0v) is 14.8. The summed E-state index contributed by atoms with van der Waals surface area (Å²) in [4.78, 5) is 23.9. The van der Waals surface area contributed by atoms with Crippen molar-refractivity contribution in [2.75, 3.05) is 11.9 Å². The van der Waals surface area contributed by atoms with Crippen molar-refractivity contribution in [1.29, 1.82) is 0 Å². The van der Waals surface area contributed by atoms with Crippen molar-refractivity contribution >= 4 is 17.6 Å². The highest BCUT2D eigenvalue weighted by Crippen LogP contribution is 2.26. The Balaban J connectivity index is 1.50. The molecule has 0 fully saturated rings. The Hall–Kier alpha value is -2.96. The Morgan fingerprint density at radius 3 is 2.56 bits per heavy atom. The molecule has 0 unspecified atom stereocenters.